The molecular weight excluding hydrogens is 273 g/mol. The fourth-order valence-corrected chi connectivity index (χ4v) is 2.70. The summed E-state index contributed by atoms with van der Waals surface area (Å²) in [6, 6.07) is 10.8. The van der Waals surface area contributed by atoms with E-state index in [2.05, 4.69) is 23.5 Å². The van der Waals surface area contributed by atoms with Crippen LogP contribution in [0.5, 0.6) is 0 Å². The molecule has 20 heavy (non-hydrogen) atoms. The van der Waals surface area contributed by atoms with Gasteiger partial charge < -0.3 is 5.32 Å². The van der Waals surface area contributed by atoms with Crippen LogP contribution in [0.3, 0.4) is 0 Å². The molecule has 0 saturated heterocycles. The second kappa shape index (κ2) is 6.38. The Bertz CT molecular complexity index is 590. The van der Waals surface area contributed by atoms with Crippen LogP contribution in [0.4, 0.5) is 4.39 Å². The van der Waals surface area contributed by atoms with Crippen molar-refractivity contribution in [1.82, 2.24) is 5.32 Å². The minimum atomic E-state index is -0.237. The van der Waals surface area contributed by atoms with E-state index in [-0.39, 0.29) is 11.9 Å². The monoisotopic (exact) mass is 291 g/mol. The SMILES string of the molecule is CCNC(c1cc(C)cc(C)c1)c1cc(Cl)ccc1F. The zero-order valence-corrected chi connectivity index (χ0v) is 12.8. The predicted molar refractivity (Wildman–Crippen MR) is 82.8 cm³/mol. The van der Waals surface area contributed by atoms with E-state index >= 15 is 0 Å². The molecule has 0 saturated carbocycles. The summed E-state index contributed by atoms with van der Waals surface area (Å²) in [5, 5.41) is 3.89. The van der Waals surface area contributed by atoms with Gasteiger partial charge >= 0.3 is 0 Å². The number of hydrogen-bond acceptors (Lipinski definition) is 1. The molecule has 0 aliphatic heterocycles. The van der Waals surface area contributed by atoms with E-state index in [9.17, 15) is 4.39 Å². The fourth-order valence-electron chi connectivity index (χ4n) is 2.52. The molecule has 2 rings (SSSR count). The number of aryl methyl sites for hydroxylation is 2. The zero-order valence-electron chi connectivity index (χ0n) is 12.0. The first-order valence-corrected chi connectivity index (χ1v) is 7.15. The quantitative estimate of drug-likeness (QED) is 0.853. The summed E-state index contributed by atoms with van der Waals surface area (Å²) in [4.78, 5) is 0. The van der Waals surface area contributed by atoms with Crippen molar-refractivity contribution in [1.29, 1.82) is 0 Å². The topological polar surface area (TPSA) is 12.0 Å². The van der Waals surface area contributed by atoms with Gasteiger partial charge in [0.15, 0.2) is 0 Å². The first-order chi connectivity index (χ1) is 9.51. The summed E-state index contributed by atoms with van der Waals surface area (Å²) in [7, 11) is 0. The van der Waals surface area contributed by atoms with Crippen molar-refractivity contribution in [2.75, 3.05) is 6.54 Å². The second-order valence-corrected chi connectivity index (χ2v) is 5.51. The van der Waals surface area contributed by atoms with E-state index in [0.29, 0.717) is 10.6 Å². The lowest BCUT2D eigenvalue weighted by molar-refractivity contribution is 0.559. The van der Waals surface area contributed by atoms with Crippen LogP contribution in [0, 0.1) is 19.7 Å². The van der Waals surface area contributed by atoms with Crippen LogP contribution in [-0.2, 0) is 0 Å². The Morgan fingerprint density at radius 2 is 1.75 bits per heavy atom. The van der Waals surface area contributed by atoms with E-state index in [0.717, 1.165) is 12.1 Å². The first kappa shape index (κ1) is 15.0. The van der Waals surface area contributed by atoms with Gasteiger partial charge in [0, 0.05) is 10.6 Å². The fraction of sp³-hybridized carbons (Fsp3) is 0.294. The molecule has 0 radical (unpaired) electrons. The number of hydrogen-bond donors (Lipinski definition) is 1. The van der Waals surface area contributed by atoms with Crippen molar-refractivity contribution in [3.8, 4) is 0 Å². The lowest BCUT2D eigenvalue weighted by Crippen LogP contribution is -2.23. The molecular formula is C17H19ClFN. The molecule has 0 heterocycles. The van der Waals surface area contributed by atoms with Gasteiger partial charge in [0.25, 0.3) is 0 Å². The summed E-state index contributed by atoms with van der Waals surface area (Å²) >= 11 is 6.02. The Morgan fingerprint density at radius 3 is 2.35 bits per heavy atom. The number of nitrogens with one attached hydrogen (secondary N) is 1. The van der Waals surface area contributed by atoms with Crippen LogP contribution < -0.4 is 5.32 Å². The molecule has 1 N–H and O–H groups in total. The normalized spacial score (nSPS) is 12.4. The van der Waals surface area contributed by atoms with Gasteiger partial charge in [-0.1, -0.05) is 47.9 Å². The molecule has 106 valence electrons. The van der Waals surface area contributed by atoms with Crippen LogP contribution in [0.1, 0.15) is 35.2 Å². The lowest BCUT2D eigenvalue weighted by atomic mass is 9.95. The van der Waals surface area contributed by atoms with Crippen molar-refractivity contribution in [2.24, 2.45) is 0 Å². The Hall–Kier alpha value is -1.38. The van der Waals surface area contributed by atoms with Crippen molar-refractivity contribution in [3.63, 3.8) is 0 Å². The van der Waals surface area contributed by atoms with Crippen LogP contribution in [-0.4, -0.2) is 6.54 Å². The Balaban J connectivity index is 2.52. The first-order valence-electron chi connectivity index (χ1n) is 6.77. The number of rotatable bonds is 4. The summed E-state index contributed by atoms with van der Waals surface area (Å²) in [6.45, 7) is 6.86. The summed E-state index contributed by atoms with van der Waals surface area (Å²) < 4.78 is 14.1. The van der Waals surface area contributed by atoms with Gasteiger partial charge in [0.1, 0.15) is 5.82 Å². The molecule has 2 aromatic carbocycles. The molecule has 0 aromatic heterocycles. The highest BCUT2D eigenvalue weighted by atomic mass is 35.5. The molecule has 0 amide bonds. The Labute approximate surface area is 124 Å². The van der Waals surface area contributed by atoms with Gasteiger partial charge in [-0.25, -0.2) is 4.39 Å². The molecule has 0 aliphatic carbocycles. The summed E-state index contributed by atoms with van der Waals surface area (Å²) in [6.07, 6.45) is 0. The van der Waals surface area contributed by atoms with E-state index < -0.39 is 0 Å². The Morgan fingerprint density at radius 1 is 1.10 bits per heavy atom. The third kappa shape index (κ3) is 3.38. The van der Waals surface area contributed by atoms with Gasteiger partial charge in [0.2, 0.25) is 0 Å². The van der Waals surface area contributed by atoms with Gasteiger partial charge in [-0.2, -0.15) is 0 Å². The molecule has 2 aromatic rings. The van der Waals surface area contributed by atoms with E-state index in [1.54, 1.807) is 12.1 Å². The predicted octanol–water partition coefficient (Wildman–Crippen LogP) is 4.79. The maximum atomic E-state index is 14.1. The molecule has 1 atom stereocenters. The van der Waals surface area contributed by atoms with Gasteiger partial charge in [-0.3, -0.25) is 0 Å². The number of benzene rings is 2. The van der Waals surface area contributed by atoms with Crippen molar-refractivity contribution in [3.05, 3.63) is 69.5 Å². The third-order valence-electron chi connectivity index (χ3n) is 3.25. The molecule has 1 unspecified atom stereocenters. The molecule has 1 nitrogen and oxygen atoms in total. The third-order valence-corrected chi connectivity index (χ3v) is 3.49. The number of halogens is 2. The van der Waals surface area contributed by atoms with E-state index in [1.165, 1.54) is 17.2 Å². The largest absolute Gasteiger partial charge is 0.306 e. The average Bonchev–Trinajstić information content (AvgIpc) is 2.38. The van der Waals surface area contributed by atoms with Crippen molar-refractivity contribution < 1.29 is 4.39 Å². The van der Waals surface area contributed by atoms with Crippen molar-refractivity contribution in [2.45, 2.75) is 26.8 Å². The zero-order chi connectivity index (χ0) is 14.7. The lowest BCUT2D eigenvalue weighted by Gasteiger charge is -2.21. The van der Waals surface area contributed by atoms with Crippen LogP contribution >= 0.6 is 11.6 Å². The smallest absolute Gasteiger partial charge is 0.128 e. The van der Waals surface area contributed by atoms with Crippen LogP contribution in [0.2, 0.25) is 5.02 Å². The van der Waals surface area contributed by atoms with Crippen LogP contribution in [0.15, 0.2) is 36.4 Å². The molecule has 0 spiro atoms. The molecule has 0 bridgehead atoms. The highest BCUT2D eigenvalue weighted by Gasteiger charge is 2.18. The maximum absolute atomic E-state index is 14.1. The van der Waals surface area contributed by atoms with E-state index in [4.69, 9.17) is 11.6 Å². The molecule has 3 heteroatoms. The van der Waals surface area contributed by atoms with Crippen LogP contribution in [0.25, 0.3) is 0 Å². The Kier molecular flexibility index (Phi) is 4.79. The minimum absolute atomic E-state index is 0.183. The van der Waals surface area contributed by atoms with Gasteiger partial charge in [-0.05, 0) is 44.2 Å². The van der Waals surface area contributed by atoms with E-state index in [1.807, 2.05) is 20.8 Å². The highest BCUT2D eigenvalue weighted by Crippen LogP contribution is 2.28. The van der Waals surface area contributed by atoms with Gasteiger partial charge in [0.05, 0.1) is 6.04 Å². The molecule has 0 fully saturated rings. The van der Waals surface area contributed by atoms with Crippen molar-refractivity contribution >= 4 is 11.6 Å². The average molecular weight is 292 g/mol. The second-order valence-electron chi connectivity index (χ2n) is 5.08. The standard InChI is InChI=1S/C17H19ClFN/c1-4-20-17(13-8-11(2)7-12(3)9-13)15-10-14(18)5-6-16(15)19/h5-10,17,20H,4H2,1-3H3. The highest BCUT2D eigenvalue weighted by molar-refractivity contribution is 6.30. The summed E-state index contributed by atoms with van der Waals surface area (Å²) in [5.41, 5.74) is 3.99. The minimum Gasteiger partial charge on any atom is -0.306 e. The maximum Gasteiger partial charge on any atom is 0.128 e. The molecule has 0 aliphatic rings. The van der Waals surface area contributed by atoms with Gasteiger partial charge in [-0.15, -0.1) is 0 Å². The summed E-state index contributed by atoms with van der Waals surface area (Å²) in [5.74, 6) is -0.237.